The molecule has 0 radical (unpaired) electrons. The molecule has 1 heterocycles. The van der Waals surface area contributed by atoms with Gasteiger partial charge >= 0.3 is 0 Å². The minimum atomic E-state index is -0.0895. The number of anilines is 1. The lowest BCUT2D eigenvalue weighted by molar-refractivity contribution is -0.121. The number of amides is 1. The van der Waals surface area contributed by atoms with Gasteiger partial charge in [0, 0.05) is 26.3 Å². The van der Waals surface area contributed by atoms with Crippen LogP contribution in [-0.4, -0.2) is 37.3 Å². The summed E-state index contributed by atoms with van der Waals surface area (Å²) in [4.78, 5) is 20.8. The molecule has 4 nitrogen and oxygen atoms in total. The SMILES string of the molecule is CCN(C)c1ccc(/C=C2N=C(/C=C/c3ccc(C)cc3)N(C)C\2=O)cc1. The van der Waals surface area contributed by atoms with Crippen LogP contribution in [0, 0.1) is 6.92 Å². The Morgan fingerprint density at radius 3 is 2.26 bits per heavy atom. The second-order valence-corrected chi connectivity index (χ2v) is 6.71. The highest BCUT2D eigenvalue weighted by Crippen LogP contribution is 2.20. The van der Waals surface area contributed by atoms with Crippen molar-refractivity contribution in [2.24, 2.45) is 4.99 Å². The lowest BCUT2D eigenvalue weighted by Gasteiger charge is -2.16. The van der Waals surface area contributed by atoms with E-state index in [9.17, 15) is 4.79 Å². The van der Waals surface area contributed by atoms with Crippen molar-refractivity contribution in [3.63, 3.8) is 0 Å². The van der Waals surface area contributed by atoms with Crippen LogP contribution < -0.4 is 4.90 Å². The molecule has 2 aromatic carbocycles. The summed E-state index contributed by atoms with van der Waals surface area (Å²) in [5, 5.41) is 0. The number of hydrogen-bond acceptors (Lipinski definition) is 3. The minimum absolute atomic E-state index is 0.0895. The molecule has 0 spiro atoms. The molecule has 3 rings (SSSR count). The van der Waals surface area contributed by atoms with Crippen LogP contribution in [0.2, 0.25) is 0 Å². The van der Waals surface area contributed by atoms with Gasteiger partial charge in [0.2, 0.25) is 0 Å². The summed E-state index contributed by atoms with van der Waals surface area (Å²) >= 11 is 0. The molecule has 1 aliphatic rings. The molecular weight excluding hydrogens is 334 g/mol. The Labute approximate surface area is 161 Å². The molecule has 1 aliphatic heterocycles. The highest BCUT2D eigenvalue weighted by molar-refractivity contribution is 6.18. The summed E-state index contributed by atoms with van der Waals surface area (Å²) in [5.74, 6) is 0.558. The predicted octanol–water partition coefficient (Wildman–Crippen LogP) is 4.38. The molecule has 0 aromatic heterocycles. The van der Waals surface area contributed by atoms with Gasteiger partial charge in [0.1, 0.15) is 11.5 Å². The van der Waals surface area contributed by atoms with Crippen LogP contribution in [0.4, 0.5) is 5.69 Å². The number of carbonyl (C=O) groups excluding carboxylic acids is 1. The van der Waals surface area contributed by atoms with Crippen LogP contribution in [-0.2, 0) is 4.79 Å². The van der Waals surface area contributed by atoms with Gasteiger partial charge in [0.25, 0.3) is 5.91 Å². The van der Waals surface area contributed by atoms with Crippen LogP contribution in [0.5, 0.6) is 0 Å². The minimum Gasteiger partial charge on any atom is -0.375 e. The maximum atomic E-state index is 12.5. The van der Waals surface area contributed by atoms with E-state index in [4.69, 9.17) is 0 Å². The molecule has 27 heavy (non-hydrogen) atoms. The second-order valence-electron chi connectivity index (χ2n) is 6.71. The van der Waals surface area contributed by atoms with Gasteiger partial charge in [-0.3, -0.25) is 9.69 Å². The van der Waals surface area contributed by atoms with Crippen LogP contribution in [0.3, 0.4) is 0 Å². The van der Waals surface area contributed by atoms with Crippen LogP contribution >= 0.6 is 0 Å². The zero-order valence-electron chi connectivity index (χ0n) is 16.3. The summed E-state index contributed by atoms with van der Waals surface area (Å²) in [6.45, 7) is 5.12. The van der Waals surface area contributed by atoms with Crippen molar-refractivity contribution in [2.45, 2.75) is 13.8 Å². The average Bonchev–Trinajstić information content (AvgIpc) is 2.95. The third-order valence-corrected chi connectivity index (χ3v) is 4.72. The number of nitrogens with zero attached hydrogens (tertiary/aromatic N) is 3. The van der Waals surface area contributed by atoms with Crippen molar-refractivity contribution in [3.05, 3.63) is 77.0 Å². The second kappa shape index (κ2) is 8.04. The maximum Gasteiger partial charge on any atom is 0.277 e. The number of likely N-dealkylation sites (N-methyl/N-ethyl adjacent to an activating group) is 1. The highest BCUT2D eigenvalue weighted by Gasteiger charge is 2.25. The third-order valence-electron chi connectivity index (χ3n) is 4.72. The summed E-state index contributed by atoms with van der Waals surface area (Å²) in [6, 6.07) is 16.4. The van der Waals surface area contributed by atoms with E-state index in [2.05, 4.69) is 67.2 Å². The molecule has 4 heteroatoms. The van der Waals surface area contributed by atoms with E-state index in [1.54, 1.807) is 11.9 Å². The normalized spacial score (nSPS) is 15.7. The fourth-order valence-corrected chi connectivity index (χ4v) is 2.78. The van der Waals surface area contributed by atoms with Crippen molar-refractivity contribution in [2.75, 3.05) is 25.5 Å². The van der Waals surface area contributed by atoms with Crippen molar-refractivity contribution in [1.82, 2.24) is 4.90 Å². The molecule has 0 saturated carbocycles. The van der Waals surface area contributed by atoms with Gasteiger partial charge in [-0.1, -0.05) is 48.0 Å². The standard InChI is InChI=1S/C23H25N3O/c1-5-25(3)20-13-10-19(11-14-20)16-21-23(27)26(4)22(24-21)15-12-18-8-6-17(2)7-9-18/h6-16H,5H2,1-4H3/b15-12+,21-16-. The Morgan fingerprint density at radius 2 is 1.63 bits per heavy atom. The van der Waals surface area contributed by atoms with E-state index in [1.807, 2.05) is 30.4 Å². The Balaban J connectivity index is 1.80. The number of hydrogen-bond donors (Lipinski definition) is 0. The number of benzene rings is 2. The van der Waals surface area contributed by atoms with E-state index < -0.39 is 0 Å². The van der Waals surface area contributed by atoms with Crippen LogP contribution in [0.1, 0.15) is 23.6 Å². The number of rotatable bonds is 5. The van der Waals surface area contributed by atoms with Crippen molar-refractivity contribution >= 4 is 29.6 Å². The summed E-state index contributed by atoms with van der Waals surface area (Å²) in [6.07, 6.45) is 5.68. The predicted molar refractivity (Wildman–Crippen MR) is 114 cm³/mol. The Morgan fingerprint density at radius 1 is 1.00 bits per heavy atom. The molecule has 0 aliphatic carbocycles. The lowest BCUT2D eigenvalue weighted by atomic mass is 10.1. The molecule has 0 bridgehead atoms. The van der Waals surface area contributed by atoms with E-state index >= 15 is 0 Å². The van der Waals surface area contributed by atoms with Crippen molar-refractivity contribution < 1.29 is 4.79 Å². The van der Waals surface area contributed by atoms with Gasteiger partial charge in [-0.05, 0) is 49.3 Å². The fraction of sp³-hybridized carbons (Fsp3) is 0.217. The van der Waals surface area contributed by atoms with Gasteiger partial charge in [0.15, 0.2) is 0 Å². The van der Waals surface area contributed by atoms with E-state index in [-0.39, 0.29) is 5.91 Å². The first kappa shape index (κ1) is 18.6. The molecular formula is C23H25N3O. The Bertz CT molecular complexity index is 906. The number of carbonyl (C=O) groups is 1. The number of aliphatic imine (C=N–C) groups is 1. The average molecular weight is 359 g/mol. The van der Waals surface area contributed by atoms with E-state index in [1.165, 1.54) is 5.56 Å². The van der Waals surface area contributed by atoms with Gasteiger partial charge in [-0.25, -0.2) is 4.99 Å². The highest BCUT2D eigenvalue weighted by atomic mass is 16.2. The molecule has 0 saturated heterocycles. The maximum absolute atomic E-state index is 12.5. The van der Waals surface area contributed by atoms with Gasteiger partial charge < -0.3 is 4.90 Å². The quantitative estimate of drug-likeness (QED) is 0.743. The van der Waals surface area contributed by atoms with Crippen LogP contribution in [0.25, 0.3) is 12.2 Å². The van der Waals surface area contributed by atoms with E-state index in [0.29, 0.717) is 11.5 Å². The van der Waals surface area contributed by atoms with Crippen molar-refractivity contribution in [3.8, 4) is 0 Å². The lowest BCUT2D eigenvalue weighted by Crippen LogP contribution is -2.26. The zero-order valence-corrected chi connectivity index (χ0v) is 16.3. The van der Waals surface area contributed by atoms with Gasteiger partial charge in [-0.2, -0.15) is 0 Å². The Hall–Kier alpha value is -3.14. The van der Waals surface area contributed by atoms with Crippen LogP contribution in [0.15, 0.2) is 65.3 Å². The Kier molecular flexibility index (Phi) is 5.55. The first-order valence-corrected chi connectivity index (χ1v) is 9.12. The summed E-state index contributed by atoms with van der Waals surface area (Å²) in [5.41, 5.74) is 4.88. The molecule has 0 unspecified atom stereocenters. The van der Waals surface area contributed by atoms with Gasteiger partial charge in [-0.15, -0.1) is 0 Å². The fourth-order valence-electron chi connectivity index (χ4n) is 2.78. The van der Waals surface area contributed by atoms with E-state index in [0.717, 1.165) is 23.4 Å². The first-order chi connectivity index (χ1) is 13.0. The van der Waals surface area contributed by atoms with Gasteiger partial charge in [0.05, 0.1) is 0 Å². The smallest absolute Gasteiger partial charge is 0.277 e. The first-order valence-electron chi connectivity index (χ1n) is 9.12. The summed E-state index contributed by atoms with van der Waals surface area (Å²) < 4.78 is 0. The molecule has 0 fully saturated rings. The zero-order chi connectivity index (χ0) is 19.4. The summed E-state index contributed by atoms with van der Waals surface area (Å²) in [7, 11) is 3.81. The third kappa shape index (κ3) is 4.34. The molecule has 0 N–H and O–H groups in total. The molecule has 138 valence electrons. The largest absolute Gasteiger partial charge is 0.375 e. The molecule has 1 amide bonds. The molecule has 0 atom stereocenters. The number of amidine groups is 1. The van der Waals surface area contributed by atoms with Crippen molar-refractivity contribution in [1.29, 1.82) is 0 Å². The number of aryl methyl sites for hydroxylation is 1. The monoisotopic (exact) mass is 359 g/mol. The topological polar surface area (TPSA) is 35.9 Å². The molecule has 2 aromatic rings.